The van der Waals surface area contributed by atoms with Gasteiger partial charge in [-0.25, -0.2) is 0 Å². The molecule has 0 saturated carbocycles. The molecule has 0 saturated heterocycles. The monoisotopic (exact) mass is 354 g/mol. The molecule has 0 fully saturated rings. The number of rotatable bonds is 7. The van der Waals surface area contributed by atoms with E-state index in [2.05, 4.69) is 15.9 Å². The lowest BCUT2D eigenvalue weighted by Gasteiger charge is -2.21. The SMILES string of the molecule is CN(C)CCN(CC(=O)O)C(=O)/C=C/c1cccc(Br)c1. The van der Waals surface area contributed by atoms with Crippen molar-refractivity contribution in [2.24, 2.45) is 0 Å². The van der Waals surface area contributed by atoms with E-state index in [9.17, 15) is 9.59 Å². The summed E-state index contributed by atoms with van der Waals surface area (Å²) >= 11 is 3.36. The molecule has 1 amide bonds. The Morgan fingerprint density at radius 1 is 1.29 bits per heavy atom. The Bertz CT molecular complexity index is 529. The molecule has 1 aromatic rings. The number of benzene rings is 1. The molecule has 0 aliphatic heterocycles. The zero-order valence-corrected chi connectivity index (χ0v) is 13.7. The summed E-state index contributed by atoms with van der Waals surface area (Å²) < 4.78 is 0.923. The largest absolute Gasteiger partial charge is 0.480 e. The van der Waals surface area contributed by atoms with Crippen LogP contribution >= 0.6 is 15.9 Å². The van der Waals surface area contributed by atoms with E-state index in [0.29, 0.717) is 13.1 Å². The maximum Gasteiger partial charge on any atom is 0.323 e. The molecule has 1 aromatic carbocycles. The third kappa shape index (κ3) is 7.06. The van der Waals surface area contributed by atoms with Crippen LogP contribution in [0.4, 0.5) is 0 Å². The molecule has 0 aromatic heterocycles. The number of hydrogen-bond donors (Lipinski definition) is 1. The lowest BCUT2D eigenvalue weighted by Crippen LogP contribution is -2.39. The summed E-state index contributed by atoms with van der Waals surface area (Å²) in [4.78, 5) is 26.2. The third-order valence-electron chi connectivity index (χ3n) is 2.72. The van der Waals surface area contributed by atoms with Gasteiger partial charge in [0.05, 0.1) is 0 Å². The second-order valence-electron chi connectivity index (χ2n) is 4.85. The Kier molecular flexibility index (Phi) is 7.11. The van der Waals surface area contributed by atoms with Crippen LogP contribution in [-0.2, 0) is 9.59 Å². The summed E-state index contributed by atoms with van der Waals surface area (Å²) in [5, 5.41) is 8.88. The van der Waals surface area contributed by atoms with E-state index in [1.807, 2.05) is 43.3 Å². The van der Waals surface area contributed by atoms with Crippen LogP contribution in [0.25, 0.3) is 6.08 Å². The highest BCUT2D eigenvalue weighted by Crippen LogP contribution is 2.12. The first kappa shape index (κ1) is 17.4. The Balaban J connectivity index is 2.72. The molecular formula is C15H19BrN2O3. The van der Waals surface area contributed by atoms with E-state index in [1.54, 1.807) is 6.08 Å². The van der Waals surface area contributed by atoms with Crippen molar-refractivity contribution >= 4 is 33.9 Å². The first-order chi connectivity index (χ1) is 9.88. The predicted molar refractivity (Wildman–Crippen MR) is 85.9 cm³/mol. The zero-order valence-electron chi connectivity index (χ0n) is 12.1. The van der Waals surface area contributed by atoms with Crippen LogP contribution in [0.2, 0.25) is 0 Å². The van der Waals surface area contributed by atoms with Crippen molar-refractivity contribution in [3.63, 3.8) is 0 Å². The van der Waals surface area contributed by atoms with Crippen LogP contribution in [-0.4, -0.2) is 60.5 Å². The molecule has 1 N–H and O–H groups in total. The first-order valence-electron chi connectivity index (χ1n) is 6.47. The summed E-state index contributed by atoms with van der Waals surface area (Å²) in [7, 11) is 3.75. The highest BCUT2D eigenvalue weighted by atomic mass is 79.9. The van der Waals surface area contributed by atoms with Crippen molar-refractivity contribution in [3.05, 3.63) is 40.4 Å². The summed E-state index contributed by atoms with van der Waals surface area (Å²) in [6.07, 6.45) is 3.08. The Labute approximate surface area is 133 Å². The lowest BCUT2D eigenvalue weighted by molar-refractivity contribution is -0.142. The van der Waals surface area contributed by atoms with Gasteiger partial charge in [-0.3, -0.25) is 9.59 Å². The summed E-state index contributed by atoms with van der Waals surface area (Å²) in [5.74, 6) is -1.32. The average molecular weight is 355 g/mol. The van der Waals surface area contributed by atoms with E-state index in [0.717, 1.165) is 10.0 Å². The summed E-state index contributed by atoms with van der Waals surface area (Å²) in [6.45, 7) is 0.695. The van der Waals surface area contributed by atoms with Gasteiger partial charge in [0.25, 0.3) is 0 Å². The van der Waals surface area contributed by atoms with E-state index in [1.165, 1.54) is 11.0 Å². The highest BCUT2D eigenvalue weighted by molar-refractivity contribution is 9.10. The van der Waals surface area contributed by atoms with Gasteiger partial charge in [-0.1, -0.05) is 28.1 Å². The second-order valence-corrected chi connectivity index (χ2v) is 5.76. The van der Waals surface area contributed by atoms with Crippen LogP contribution in [0, 0.1) is 0 Å². The fourth-order valence-corrected chi connectivity index (χ4v) is 2.05. The van der Waals surface area contributed by atoms with Gasteiger partial charge in [0.2, 0.25) is 5.91 Å². The van der Waals surface area contributed by atoms with E-state index in [4.69, 9.17) is 5.11 Å². The molecule has 21 heavy (non-hydrogen) atoms. The number of carbonyl (C=O) groups is 2. The Hall–Kier alpha value is -1.66. The molecule has 0 aliphatic carbocycles. The molecule has 0 unspecified atom stereocenters. The number of likely N-dealkylation sites (N-methyl/N-ethyl adjacent to an activating group) is 1. The van der Waals surface area contributed by atoms with Gasteiger partial charge in [0.15, 0.2) is 0 Å². The Morgan fingerprint density at radius 2 is 2.00 bits per heavy atom. The topological polar surface area (TPSA) is 60.9 Å². The maximum absolute atomic E-state index is 12.1. The van der Waals surface area contributed by atoms with Gasteiger partial charge in [0.1, 0.15) is 6.54 Å². The maximum atomic E-state index is 12.1. The molecule has 0 bridgehead atoms. The van der Waals surface area contributed by atoms with E-state index in [-0.39, 0.29) is 12.5 Å². The van der Waals surface area contributed by atoms with Crippen LogP contribution in [0.1, 0.15) is 5.56 Å². The fraction of sp³-hybridized carbons (Fsp3) is 0.333. The second kappa shape index (κ2) is 8.59. The minimum absolute atomic E-state index is 0.296. The quantitative estimate of drug-likeness (QED) is 0.760. The van der Waals surface area contributed by atoms with Gasteiger partial charge in [-0.05, 0) is 37.9 Å². The van der Waals surface area contributed by atoms with Crippen LogP contribution in [0.3, 0.4) is 0 Å². The molecule has 0 aliphatic rings. The Morgan fingerprint density at radius 3 is 2.57 bits per heavy atom. The number of carbonyl (C=O) groups excluding carboxylic acids is 1. The zero-order chi connectivity index (χ0) is 15.8. The van der Waals surface area contributed by atoms with Crippen molar-refractivity contribution in [2.75, 3.05) is 33.7 Å². The smallest absolute Gasteiger partial charge is 0.323 e. The lowest BCUT2D eigenvalue weighted by atomic mass is 10.2. The number of aliphatic carboxylic acids is 1. The number of nitrogens with zero attached hydrogens (tertiary/aromatic N) is 2. The molecule has 0 heterocycles. The molecule has 114 valence electrons. The van der Waals surface area contributed by atoms with E-state index >= 15 is 0 Å². The molecule has 6 heteroatoms. The number of hydrogen-bond acceptors (Lipinski definition) is 3. The summed E-state index contributed by atoms with van der Waals surface area (Å²) in [6, 6.07) is 7.52. The van der Waals surface area contributed by atoms with Crippen molar-refractivity contribution in [3.8, 4) is 0 Å². The van der Waals surface area contributed by atoms with Gasteiger partial charge < -0.3 is 14.9 Å². The van der Waals surface area contributed by atoms with Crippen molar-refractivity contribution in [2.45, 2.75) is 0 Å². The predicted octanol–water partition coefficient (Wildman–Crippen LogP) is 1.94. The third-order valence-corrected chi connectivity index (χ3v) is 3.22. The normalized spacial score (nSPS) is 11.0. The number of carboxylic acids is 1. The minimum atomic E-state index is -1.02. The fourth-order valence-electron chi connectivity index (χ4n) is 1.63. The van der Waals surface area contributed by atoms with Gasteiger partial charge in [-0.2, -0.15) is 0 Å². The highest BCUT2D eigenvalue weighted by Gasteiger charge is 2.14. The van der Waals surface area contributed by atoms with Crippen LogP contribution in [0.5, 0.6) is 0 Å². The summed E-state index contributed by atoms with van der Waals surface area (Å²) in [5.41, 5.74) is 0.876. The molecule has 0 radical (unpaired) electrons. The van der Waals surface area contributed by atoms with E-state index < -0.39 is 5.97 Å². The molecule has 0 atom stereocenters. The van der Waals surface area contributed by atoms with Crippen molar-refractivity contribution in [1.29, 1.82) is 0 Å². The average Bonchev–Trinajstić information content (AvgIpc) is 2.40. The standard InChI is InChI=1S/C15H19BrN2O3/c1-17(2)8-9-18(11-15(20)21)14(19)7-6-12-4-3-5-13(16)10-12/h3-7,10H,8-9,11H2,1-2H3,(H,20,21)/b7-6+. The van der Waals surface area contributed by atoms with Crippen molar-refractivity contribution in [1.82, 2.24) is 9.80 Å². The van der Waals surface area contributed by atoms with Crippen LogP contribution in [0.15, 0.2) is 34.8 Å². The van der Waals surface area contributed by atoms with Crippen molar-refractivity contribution < 1.29 is 14.7 Å². The van der Waals surface area contributed by atoms with Crippen LogP contribution < -0.4 is 0 Å². The van der Waals surface area contributed by atoms with Gasteiger partial charge in [-0.15, -0.1) is 0 Å². The molecular weight excluding hydrogens is 336 g/mol. The number of carboxylic acid groups (broad SMARTS) is 1. The first-order valence-corrected chi connectivity index (χ1v) is 7.27. The molecule has 0 spiro atoms. The molecule has 1 rings (SSSR count). The molecule has 5 nitrogen and oxygen atoms in total. The number of amides is 1. The minimum Gasteiger partial charge on any atom is -0.480 e. The van der Waals surface area contributed by atoms with Gasteiger partial charge >= 0.3 is 5.97 Å². The number of halogens is 1. The van der Waals surface area contributed by atoms with Gasteiger partial charge in [0, 0.05) is 23.6 Å².